The van der Waals surface area contributed by atoms with Crippen LogP contribution in [0, 0.1) is 0 Å². The third kappa shape index (κ3) is 3.67. The van der Waals surface area contributed by atoms with E-state index in [0.29, 0.717) is 17.4 Å². The van der Waals surface area contributed by atoms with Gasteiger partial charge in [-0.1, -0.05) is 0 Å². The Kier molecular flexibility index (Phi) is 5.07. The average molecular weight is 291 g/mol. The van der Waals surface area contributed by atoms with Crippen LogP contribution in [0.25, 0.3) is 0 Å². The van der Waals surface area contributed by atoms with E-state index in [1.807, 2.05) is 19.1 Å². The molecule has 1 heterocycles. The van der Waals surface area contributed by atoms with Crippen LogP contribution in [0.3, 0.4) is 0 Å². The second kappa shape index (κ2) is 6.80. The molecule has 1 aliphatic rings. The molecule has 0 bridgehead atoms. The standard InChI is InChI=1S/C16H25N3O2/c1-4-21-13-7-9-19(10-8-13)15-6-5-12(11-14(15)17)16(20)18(2)3/h5-6,11,13H,4,7-10,17H2,1-3H3. The van der Waals surface area contributed by atoms with Crippen LogP contribution in [0.15, 0.2) is 18.2 Å². The molecule has 5 nitrogen and oxygen atoms in total. The summed E-state index contributed by atoms with van der Waals surface area (Å²) in [6, 6.07) is 5.57. The number of anilines is 2. The Morgan fingerprint density at radius 2 is 2.05 bits per heavy atom. The summed E-state index contributed by atoms with van der Waals surface area (Å²) in [5, 5.41) is 0. The fourth-order valence-corrected chi connectivity index (χ4v) is 2.73. The van der Waals surface area contributed by atoms with Crippen molar-refractivity contribution in [3.8, 4) is 0 Å². The Morgan fingerprint density at radius 3 is 2.57 bits per heavy atom. The molecule has 0 aromatic heterocycles. The maximum absolute atomic E-state index is 11.9. The predicted octanol–water partition coefficient (Wildman–Crippen LogP) is 1.98. The number of rotatable bonds is 4. The summed E-state index contributed by atoms with van der Waals surface area (Å²) < 4.78 is 5.67. The first-order valence-electron chi connectivity index (χ1n) is 7.50. The van der Waals surface area contributed by atoms with Crippen LogP contribution in [0.5, 0.6) is 0 Å². The molecule has 0 saturated carbocycles. The first-order valence-corrected chi connectivity index (χ1v) is 7.50. The van der Waals surface area contributed by atoms with Crippen LogP contribution in [-0.4, -0.2) is 50.7 Å². The molecule has 1 aliphatic heterocycles. The molecule has 21 heavy (non-hydrogen) atoms. The zero-order valence-electron chi connectivity index (χ0n) is 13.1. The first kappa shape index (κ1) is 15.6. The summed E-state index contributed by atoms with van der Waals surface area (Å²) in [5.74, 6) is -0.0247. The van der Waals surface area contributed by atoms with Gasteiger partial charge in [-0.15, -0.1) is 0 Å². The summed E-state index contributed by atoms with van der Waals surface area (Å²) >= 11 is 0. The quantitative estimate of drug-likeness (QED) is 0.862. The average Bonchev–Trinajstić information content (AvgIpc) is 2.47. The number of amides is 1. The van der Waals surface area contributed by atoms with E-state index in [9.17, 15) is 4.79 Å². The lowest BCUT2D eigenvalue weighted by atomic mass is 10.1. The highest BCUT2D eigenvalue weighted by molar-refractivity contribution is 5.95. The number of benzene rings is 1. The van der Waals surface area contributed by atoms with Crippen molar-refractivity contribution in [3.05, 3.63) is 23.8 Å². The molecule has 1 aromatic rings. The van der Waals surface area contributed by atoms with Crippen molar-refractivity contribution in [3.63, 3.8) is 0 Å². The summed E-state index contributed by atoms with van der Waals surface area (Å²) in [5.41, 5.74) is 8.45. The van der Waals surface area contributed by atoms with Crippen molar-refractivity contribution in [1.29, 1.82) is 0 Å². The van der Waals surface area contributed by atoms with Crippen LogP contribution in [0.4, 0.5) is 11.4 Å². The fourth-order valence-electron chi connectivity index (χ4n) is 2.73. The highest BCUT2D eigenvalue weighted by Gasteiger charge is 2.21. The van der Waals surface area contributed by atoms with E-state index in [1.54, 1.807) is 25.1 Å². The number of carbonyl (C=O) groups is 1. The van der Waals surface area contributed by atoms with Gasteiger partial charge in [-0.2, -0.15) is 0 Å². The molecule has 0 unspecified atom stereocenters. The molecule has 116 valence electrons. The van der Waals surface area contributed by atoms with Gasteiger partial charge < -0.3 is 20.3 Å². The van der Waals surface area contributed by atoms with Crippen molar-refractivity contribution >= 4 is 17.3 Å². The van der Waals surface area contributed by atoms with Gasteiger partial charge in [0.25, 0.3) is 5.91 Å². The molecule has 0 spiro atoms. The van der Waals surface area contributed by atoms with E-state index in [0.717, 1.165) is 38.2 Å². The SMILES string of the molecule is CCOC1CCN(c2ccc(C(=O)N(C)C)cc2N)CC1. The molecule has 2 rings (SSSR count). The van der Waals surface area contributed by atoms with Gasteiger partial charge in [0.15, 0.2) is 0 Å². The molecule has 5 heteroatoms. The maximum Gasteiger partial charge on any atom is 0.253 e. The molecule has 0 atom stereocenters. The summed E-state index contributed by atoms with van der Waals surface area (Å²) in [4.78, 5) is 15.8. The number of hydrogen-bond donors (Lipinski definition) is 1. The van der Waals surface area contributed by atoms with Gasteiger partial charge >= 0.3 is 0 Å². The molecule has 1 saturated heterocycles. The van der Waals surface area contributed by atoms with E-state index in [2.05, 4.69) is 4.90 Å². The zero-order valence-corrected chi connectivity index (χ0v) is 13.1. The second-order valence-corrected chi connectivity index (χ2v) is 5.61. The van der Waals surface area contributed by atoms with Gasteiger partial charge in [0.2, 0.25) is 0 Å². The normalized spacial score (nSPS) is 16.0. The molecule has 1 fully saturated rings. The molecular formula is C16H25N3O2. The molecular weight excluding hydrogens is 266 g/mol. The van der Waals surface area contributed by atoms with Gasteiger partial charge in [0, 0.05) is 39.4 Å². The number of nitrogens with two attached hydrogens (primary N) is 1. The number of piperidine rings is 1. The maximum atomic E-state index is 11.9. The van der Waals surface area contributed by atoms with Crippen LogP contribution in [-0.2, 0) is 4.74 Å². The number of ether oxygens (including phenoxy) is 1. The van der Waals surface area contributed by atoms with E-state index in [1.165, 1.54) is 0 Å². The lowest BCUT2D eigenvalue weighted by Crippen LogP contribution is -2.37. The third-order valence-electron chi connectivity index (χ3n) is 3.87. The highest BCUT2D eigenvalue weighted by Crippen LogP contribution is 2.28. The Hall–Kier alpha value is -1.75. The zero-order chi connectivity index (χ0) is 15.4. The van der Waals surface area contributed by atoms with Crippen LogP contribution < -0.4 is 10.6 Å². The fraction of sp³-hybridized carbons (Fsp3) is 0.562. The monoisotopic (exact) mass is 291 g/mol. The van der Waals surface area contributed by atoms with Crippen LogP contribution >= 0.6 is 0 Å². The van der Waals surface area contributed by atoms with Gasteiger partial charge in [-0.3, -0.25) is 4.79 Å². The lowest BCUT2D eigenvalue weighted by Gasteiger charge is -2.34. The van der Waals surface area contributed by atoms with Crippen molar-refractivity contribution in [2.24, 2.45) is 0 Å². The van der Waals surface area contributed by atoms with Crippen molar-refractivity contribution < 1.29 is 9.53 Å². The minimum absolute atomic E-state index is 0.0247. The Morgan fingerprint density at radius 1 is 1.38 bits per heavy atom. The smallest absolute Gasteiger partial charge is 0.253 e. The summed E-state index contributed by atoms with van der Waals surface area (Å²) in [6.07, 6.45) is 2.40. The van der Waals surface area contributed by atoms with Crippen LogP contribution in [0.1, 0.15) is 30.1 Å². The van der Waals surface area contributed by atoms with E-state index >= 15 is 0 Å². The Bertz CT molecular complexity index is 494. The summed E-state index contributed by atoms with van der Waals surface area (Å²) in [7, 11) is 3.48. The topological polar surface area (TPSA) is 58.8 Å². The van der Waals surface area contributed by atoms with Gasteiger partial charge in [0.1, 0.15) is 0 Å². The van der Waals surface area contributed by atoms with Crippen molar-refractivity contribution in [2.45, 2.75) is 25.9 Å². The molecule has 0 radical (unpaired) electrons. The highest BCUT2D eigenvalue weighted by atomic mass is 16.5. The van der Waals surface area contributed by atoms with Crippen molar-refractivity contribution in [1.82, 2.24) is 4.90 Å². The largest absolute Gasteiger partial charge is 0.397 e. The molecule has 1 aromatic carbocycles. The van der Waals surface area contributed by atoms with E-state index < -0.39 is 0 Å². The predicted molar refractivity (Wildman–Crippen MR) is 85.7 cm³/mol. The first-order chi connectivity index (χ1) is 10.0. The number of hydrogen-bond acceptors (Lipinski definition) is 4. The molecule has 2 N–H and O–H groups in total. The van der Waals surface area contributed by atoms with Gasteiger partial charge in [-0.25, -0.2) is 0 Å². The number of nitrogens with zero attached hydrogens (tertiary/aromatic N) is 2. The van der Waals surface area contributed by atoms with Crippen LogP contribution in [0.2, 0.25) is 0 Å². The van der Waals surface area contributed by atoms with Gasteiger partial charge in [0.05, 0.1) is 17.5 Å². The van der Waals surface area contributed by atoms with E-state index in [4.69, 9.17) is 10.5 Å². The lowest BCUT2D eigenvalue weighted by molar-refractivity contribution is 0.0459. The Labute approximate surface area is 126 Å². The molecule has 1 amide bonds. The minimum atomic E-state index is -0.0247. The van der Waals surface area contributed by atoms with E-state index in [-0.39, 0.29) is 5.91 Å². The second-order valence-electron chi connectivity index (χ2n) is 5.61. The van der Waals surface area contributed by atoms with Crippen molar-refractivity contribution in [2.75, 3.05) is 44.4 Å². The number of nitrogen functional groups attached to an aromatic ring is 1. The Balaban J connectivity index is 2.07. The third-order valence-corrected chi connectivity index (χ3v) is 3.87. The number of carbonyl (C=O) groups excluding carboxylic acids is 1. The van der Waals surface area contributed by atoms with Gasteiger partial charge in [-0.05, 0) is 38.0 Å². The minimum Gasteiger partial charge on any atom is -0.397 e. The molecule has 0 aliphatic carbocycles. The summed E-state index contributed by atoms with van der Waals surface area (Å²) in [6.45, 7) is 4.69.